The number of rotatable bonds is 5. The highest BCUT2D eigenvalue weighted by molar-refractivity contribution is 9.10. The van der Waals surface area contributed by atoms with Crippen molar-refractivity contribution in [2.45, 2.75) is 12.5 Å². The van der Waals surface area contributed by atoms with Crippen LogP contribution in [0.3, 0.4) is 0 Å². The van der Waals surface area contributed by atoms with Crippen LogP contribution in [0.4, 0.5) is 0 Å². The molecule has 1 amide bonds. The number of phenolic OH excluding ortho intramolecular Hbond substituents is 1. The number of esters is 1. The van der Waals surface area contributed by atoms with Gasteiger partial charge in [-0.3, -0.25) is 4.79 Å². The molecule has 0 aliphatic carbocycles. The van der Waals surface area contributed by atoms with E-state index >= 15 is 0 Å². The molecule has 1 unspecified atom stereocenters. The van der Waals surface area contributed by atoms with Crippen LogP contribution in [0.25, 0.3) is 0 Å². The van der Waals surface area contributed by atoms with E-state index in [-0.39, 0.29) is 33.0 Å². The van der Waals surface area contributed by atoms with Gasteiger partial charge < -0.3 is 19.5 Å². The van der Waals surface area contributed by atoms with Gasteiger partial charge in [0.2, 0.25) is 0 Å². The van der Waals surface area contributed by atoms with Gasteiger partial charge in [-0.05, 0) is 34.5 Å². The number of amides is 1. The maximum absolute atomic E-state index is 12.1. The van der Waals surface area contributed by atoms with Crippen LogP contribution in [-0.2, 0) is 19.4 Å². The molecule has 1 heterocycles. The van der Waals surface area contributed by atoms with Crippen molar-refractivity contribution < 1.29 is 32.6 Å². The summed E-state index contributed by atoms with van der Waals surface area (Å²) in [6.07, 6.45) is 0.376. The van der Waals surface area contributed by atoms with Gasteiger partial charge in [0.25, 0.3) is 5.91 Å². The Morgan fingerprint density at radius 2 is 2.08 bits per heavy atom. The zero-order valence-corrected chi connectivity index (χ0v) is 16.1. The summed E-state index contributed by atoms with van der Waals surface area (Å²) in [6.45, 7) is -0.507. The van der Waals surface area contributed by atoms with E-state index in [1.807, 2.05) is 0 Å². The molecule has 8 nitrogen and oxygen atoms in total. The van der Waals surface area contributed by atoms with Crippen molar-refractivity contribution in [1.82, 2.24) is 4.90 Å². The zero-order valence-electron chi connectivity index (χ0n) is 13.7. The second-order valence-electron chi connectivity index (χ2n) is 5.65. The van der Waals surface area contributed by atoms with E-state index in [1.54, 1.807) is 0 Å². The van der Waals surface area contributed by atoms with Crippen molar-refractivity contribution >= 4 is 37.6 Å². The third-order valence-corrected chi connectivity index (χ3v) is 6.32. The third kappa shape index (κ3) is 4.63. The van der Waals surface area contributed by atoms with E-state index in [0.717, 1.165) is 0 Å². The summed E-state index contributed by atoms with van der Waals surface area (Å²) in [6, 6.07) is 2.23. The summed E-state index contributed by atoms with van der Waals surface area (Å²) in [7, 11) is -0.283. The Morgan fingerprint density at radius 3 is 2.64 bits per heavy atom. The van der Waals surface area contributed by atoms with Gasteiger partial charge in [0.15, 0.2) is 27.9 Å². The molecular weight excluding hydrogens is 418 g/mol. The topological polar surface area (TPSA) is 110 Å². The standard InChI is InChI=1S/C15H18BrNO7S/c1-17(10-3-4-25(21,22)8-10)13(18)7-24-15(20)9-5-11(16)14(19)12(6-9)23-2/h5-6,10,19H,3-4,7-8H2,1-2H3. The van der Waals surface area contributed by atoms with Crippen molar-refractivity contribution in [2.24, 2.45) is 0 Å². The molecule has 0 aromatic heterocycles. The molecule has 0 saturated carbocycles. The predicted octanol–water partition coefficient (Wildman–Crippen LogP) is 0.966. The van der Waals surface area contributed by atoms with Gasteiger partial charge in [0.1, 0.15) is 0 Å². The fourth-order valence-electron chi connectivity index (χ4n) is 2.44. The minimum atomic E-state index is -3.11. The van der Waals surface area contributed by atoms with Crippen molar-refractivity contribution in [2.75, 3.05) is 32.3 Å². The lowest BCUT2D eigenvalue weighted by Gasteiger charge is -2.23. The highest BCUT2D eigenvalue weighted by atomic mass is 79.9. The molecule has 0 radical (unpaired) electrons. The number of carbonyl (C=O) groups is 2. The maximum atomic E-state index is 12.1. The lowest BCUT2D eigenvalue weighted by atomic mass is 10.2. The van der Waals surface area contributed by atoms with Gasteiger partial charge in [-0.1, -0.05) is 0 Å². The largest absolute Gasteiger partial charge is 0.503 e. The fraction of sp³-hybridized carbons (Fsp3) is 0.467. The first-order valence-electron chi connectivity index (χ1n) is 7.34. The van der Waals surface area contributed by atoms with Crippen LogP contribution in [0.2, 0.25) is 0 Å². The number of likely N-dealkylation sites (N-methyl/N-ethyl adjacent to an activating group) is 1. The molecular formula is C15H18BrNO7S. The van der Waals surface area contributed by atoms with Gasteiger partial charge in [0, 0.05) is 13.1 Å². The molecule has 1 aliphatic rings. The predicted molar refractivity (Wildman–Crippen MR) is 92.5 cm³/mol. The van der Waals surface area contributed by atoms with Crippen LogP contribution in [-0.4, -0.2) is 68.6 Å². The third-order valence-electron chi connectivity index (χ3n) is 3.96. The average molecular weight is 436 g/mol. The van der Waals surface area contributed by atoms with Gasteiger partial charge >= 0.3 is 5.97 Å². The first kappa shape index (κ1) is 19.5. The Kier molecular flexibility index (Phi) is 5.94. The lowest BCUT2D eigenvalue weighted by Crippen LogP contribution is -2.40. The molecule has 2 rings (SSSR count). The highest BCUT2D eigenvalue weighted by Gasteiger charge is 2.33. The Morgan fingerprint density at radius 1 is 1.40 bits per heavy atom. The number of ether oxygens (including phenoxy) is 2. The number of hydrogen-bond acceptors (Lipinski definition) is 7. The van der Waals surface area contributed by atoms with Gasteiger partial charge in [-0.25, -0.2) is 13.2 Å². The number of aromatic hydroxyl groups is 1. The number of phenols is 1. The van der Waals surface area contributed by atoms with Crippen LogP contribution < -0.4 is 4.74 Å². The van der Waals surface area contributed by atoms with Crippen LogP contribution in [0.1, 0.15) is 16.8 Å². The molecule has 1 atom stereocenters. The van der Waals surface area contributed by atoms with E-state index in [1.165, 1.54) is 31.2 Å². The minimum absolute atomic E-state index is 0.0520. The van der Waals surface area contributed by atoms with Crippen LogP contribution in [0, 0.1) is 0 Å². The second-order valence-corrected chi connectivity index (χ2v) is 8.73. The summed E-state index contributed by atoms with van der Waals surface area (Å²) < 4.78 is 33.1. The molecule has 1 aliphatic heterocycles. The highest BCUT2D eigenvalue weighted by Crippen LogP contribution is 2.35. The summed E-state index contributed by atoms with van der Waals surface area (Å²) in [5.74, 6) is -1.35. The molecule has 1 aromatic rings. The molecule has 138 valence electrons. The monoisotopic (exact) mass is 435 g/mol. The second kappa shape index (κ2) is 7.61. The maximum Gasteiger partial charge on any atom is 0.338 e. The number of halogens is 1. The normalized spacial score (nSPS) is 18.6. The van der Waals surface area contributed by atoms with E-state index in [9.17, 15) is 23.1 Å². The number of nitrogens with zero attached hydrogens (tertiary/aromatic N) is 1. The first-order chi connectivity index (χ1) is 11.6. The van der Waals surface area contributed by atoms with E-state index in [0.29, 0.717) is 6.42 Å². The number of methoxy groups -OCH3 is 1. The van der Waals surface area contributed by atoms with Crippen LogP contribution in [0.15, 0.2) is 16.6 Å². The van der Waals surface area contributed by atoms with Gasteiger partial charge in [-0.2, -0.15) is 0 Å². The van der Waals surface area contributed by atoms with Crippen LogP contribution >= 0.6 is 15.9 Å². The Labute approximate surface area is 153 Å². The molecule has 0 spiro atoms. The van der Waals surface area contributed by atoms with E-state index < -0.39 is 34.4 Å². The van der Waals surface area contributed by atoms with Gasteiger partial charge in [0.05, 0.1) is 28.7 Å². The first-order valence-corrected chi connectivity index (χ1v) is 9.95. The summed E-state index contributed by atoms with van der Waals surface area (Å²) >= 11 is 3.09. The van der Waals surface area contributed by atoms with Gasteiger partial charge in [-0.15, -0.1) is 0 Å². The number of carbonyl (C=O) groups excluding carboxylic acids is 2. The lowest BCUT2D eigenvalue weighted by molar-refractivity contribution is -0.134. The van der Waals surface area contributed by atoms with E-state index in [2.05, 4.69) is 15.9 Å². The fourth-order valence-corrected chi connectivity index (χ4v) is 4.66. The molecule has 10 heteroatoms. The number of sulfone groups is 1. The summed E-state index contributed by atoms with van der Waals surface area (Å²) in [5.41, 5.74) is 0.0976. The zero-order chi connectivity index (χ0) is 18.8. The Bertz CT molecular complexity index is 793. The molecule has 1 fully saturated rings. The molecule has 1 aromatic carbocycles. The molecule has 1 saturated heterocycles. The minimum Gasteiger partial charge on any atom is -0.503 e. The van der Waals surface area contributed by atoms with Crippen molar-refractivity contribution in [3.63, 3.8) is 0 Å². The molecule has 1 N–H and O–H groups in total. The summed E-state index contributed by atoms with van der Waals surface area (Å²) in [5, 5.41) is 9.72. The Hall–Kier alpha value is -1.81. The van der Waals surface area contributed by atoms with Crippen molar-refractivity contribution in [3.8, 4) is 11.5 Å². The SMILES string of the molecule is COc1cc(C(=O)OCC(=O)N(C)C2CCS(=O)(=O)C2)cc(Br)c1O. The molecule has 0 bridgehead atoms. The number of hydrogen-bond donors (Lipinski definition) is 1. The number of benzene rings is 1. The smallest absolute Gasteiger partial charge is 0.338 e. The quantitative estimate of drug-likeness (QED) is 0.685. The average Bonchev–Trinajstić information content (AvgIpc) is 2.93. The van der Waals surface area contributed by atoms with Crippen molar-refractivity contribution in [3.05, 3.63) is 22.2 Å². The summed E-state index contributed by atoms with van der Waals surface area (Å²) in [4.78, 5) is 25.5. The Balaban J connectivity index is 1.98. The molecule has 25 heavy (non-hydrogen) atoms. The van der Waals surface area contributed by atoms with E-state index in [4.69, 9.17) is 9.47 Å². The van der Waals surface area contributed by atoms with Crippen LogP contribution in [0.5, 0.6) is 11.5 Å². The van der Waals surface area contributed by atoms with Crippen molar-refractivity contribution in [1.29, 1.82) is 0 Å².